The molecule has 0 aliphatic carbocycles. The van der Waals surface area contributed by atoms with Crippen LogP contribution in [0.3, 0.4) is 0 Å². The maximum Gasteiger partial charge on any atom is 0.165 e. The summed E-state index contributed by atoms with van der Waals surface area (Å²) in [6.45, 7) is 5.39. The molecule has 0 aromatic rings. The second kappa shape index (κ2) is 3.73. The average Bonchev–Trinajstić information content (AvgIpc) is 1.80. The SMILES string of the molecule is CC(C)(C)[S+]([O-])/N=C/C=O. The maximum atomic E-state index is 11.0. The van der Waals surface area contributed by atoms with Crippen molar-refractivity contribution < 1.29 is 9.35 Å². The van der Waals surface area contributed by atoms with Crippen molar-refractivity contribution in [2.24, 2.45) is 4.40 Å². The molecule has 3 nitrogen and oxygen atoms in total. The van der Waals surface area contributed by atoms with Crippen LogP contribution in [0.5, 0.6) is 0 Å². The highest BCUT2D eigenvalue weighted by atomic mass is 32.2. The van der Waals surface area contributed by atoms with Gasteiger partial charge in [-0.3, -0.25) is 4.79 Å². The Morgan fingerprint density at radius 2 is 2.00 bits per heavy atom. The van der Waals surface area contributed by atoms with E-state index >= 15 is 0 Å². The van der Waals surface area contributed by atoms with Crippen molar-refractivity contribution in [2.45, 2.75) is 25.5 Å². The van der Waals surface area contributed by atoms with E-state index < -0.39 is 11.4 Å². The van der Waals surface area contributed by atoms with Gasteiger partial charge in [-0.25, -0.2) is 0 Å². The predicted octanol–water partition coefficient (Wildman–Crippen LogP) is 0.718. The minimum Gasteiger partial charge on any atom is -0.591 e. The second-order valence-corrected chi connectivity index (χ2v) is 4.69. The molecular weight excluding hydrogens is 150 g/mol. The molecule has 4 heteroatoms. The summed E-state index contributed by atoms with van der Waals surface area (Å²) in [6.07, 6.45) is 1.53. The van der Waals surface area contributed by atoms with Crippen molar-refractivity contribution in [1.82, 2.24) is 0 Å². The maximum absolute atomic E-state index is 11.0. The summed E-state index contributed by atoms with van der Waals surface area (Å²) >= 11 is -1.30. The van der Waals surface area contributed by atoms with Gasteiger partial charge >= 0.3 is 0 Å². The summed E-state index contributed by atoms with van der Waals surface area (Å²) in [6, 6.07) is 0. The van der Waals surface area contributed by atoms with E-state index in [0.717, 1.165) is 6.21 Å². The van der Waals surface area contributed by atoms with E-state index in [2.05, 4.69) is 4.40 Å². The third-order valence-corrected chi connectivity index (χ3v) is 2.10. The van der Waals surface area contributed by atoms with E-state index in [4.69, 9.17) is 0 Å². The van der Waals surface area contributed by atoms with E-state index in [-0.39, 0.29) is 4.75 Å². The Morgan fingerprint density at radius 1 is 1.50 bits per heavy atom. The highest BCUT2D eigenvalue weighted by Gasteiger charge is 2.25. The van der Waals surface area contributed by atoms with E-state index in [9.17, 15) is 9.35 Å². The minimum absolute atomic E-state index is 0.375. The van der Waals surface area contributed by atoms with Gasteiger partial charge < -0.3 is 4.55 Å². The van der Waals surface area contributed by atoms with Gasteiger partial charge in [0, 0.05) is 0 Å². The summed E-state index contributed by atoms with van der Waals surface area (Å²) in [5, 5.41) is 0. The lowest BCUT2D eigenvalue weighted by Crippen LogP contribution is -2.25. The van der Waals surface area contributed by atoms with Crippen LogP contribution in [-0.2, 0) is 16.2 Å². The number of carbonyl (C=O) groups is 1. The number of aldehydes is 1. The van der Waals surface area contributed by atoms with Gasteiger partial charge in [0.25, 0.3) is 0 Å². The van der Waals surface area contributed by atoms with Gasteiger partial charge in [-0.1, -0.05) is 4.40 Å². The van der Waals surface area contributed by atoms with Gasteiger partial charge in [0.1, 0.15) is 22.3 Å². The Balaban J connectivity index is 3.96. The molecule has 10 heavy (non-hydrogen) atoms. The van der Waals surface area contributed by atoms with Gasteiger partial charge in [-0.2, -0.15) is 0 Å². The largest absolute Gasteiger partial charge is 0.591 e. The molecule has 0 spiro atoms. The summed E-state index contributed by atoms with van der Waals surface area (Å²) in [4.78, 5) is 9.75. The van der Waals surface area contributed by atoms with Crippen LogP contribution in [0.1, 0.15) is 20.8 Å². The molecule has 0 rings (SSSR count). The first kappa shape index (κ1) is 9.65. The summed E-state index contributed by atoms with van der Waals surface area (Å²) < 4.78 is 14.1. The monoisotopic (exact) mass is 161 g/mol. The molecule has 0 fully saturated rings. The molecule has 0 aliphatic rings. The molecule has 0 radical (unpaired) electrons. The fraction of sp³-hybridized carbons (Fsp3) is 0.667. The highest BCUT2D eigenvalue weighted by Crippen LogP contribution is 2.15. The first-order valence-electron chi connectivity index (χ1n) is 2.88. The minimum atomic E-state index is -1.30. The fourth-order valence-corrected chi connectivity index (χ4v) is 0.715. The normalized spacial score (nSPS) is 15.6. The van der Waals surface area contributed by atoms with Crippen LogP contribution < -0.4 is 0 Å². The van der Waals surface area contributed by atoms with Crippen molar-refractivity contribution in [2.75, 3.05) is 0 Å². The van der Waals surface area contributed by atoms with Crippen LogP contribution >= 0.6 is 0 Å². The zero-order valence-electron chi connectivity index (χ0n) is 6.33. The topological polar surface area (TPSA) is 52.5 Å². The third kappa shape index (κ3) is 3.63. The Labute approximate surface area is 63.9 Å². The van der Waals surface area contributed by atoms with E-state index in [0.29, 0.717) is 6.29 Å². The lowest BCUT2D eigenvalue weighted by molar-refractivity contribution is -0.102. The van der Waals surface area contributed by atoms with E-state index in [1.807, 2.05) is 0 Å². The van der Waals surface area contributed by atoms with Crippen molar-refractivity contribution >= 4 is 23.9 Å². The molecule has 58 valence electrons. The zero-order valence-corrected chi connectivity index (χ0v) is 7.14. The molecule has 0 bridgehead atoms. The van der Waals surface area contributed by atoms with Crippen molar-refractivity contribution in [1.29, 1.82) is 0 Å². The molecule has 0 amide bonds. The van der Waals surface area contributed by atoms with Crippen LogP contribution in [0, 0.1) is 0 Å². The van der Waals surface area contributed by atoms with Crippen LogP contribution in [-0.4, -0.2) is 21.8 Å². The van der Waals surface area contributed by atoms with Crippen LogP contribution in [0.25, 0.3) is 0 Å². The van der Waals surface area contributed by atoms with Crippen LogP contribution in [0.4, 0.5) is 0 Å². The fourth-order valence-electron chi connectivity index (χ4n) is 0.238. The summed E-state index contributed by atoms with van der Waals surface area (Å²) in [7, 11) is 0. The zero-order chi connectivity index (χ0) is 8.20. The second-order valence-electron chi connectivity index (χ2n) is 2.75. The molecule has 0 saturated carbocycles. The number of carbonyl (C=O) groups excluding carboxylic acids is 1. The molecular formula is C6H11NO2S. The van der Waals surface area contributed by atoms with E-state index in [1.54, 1.807) is 20.8 Å². The highest BCUT2D eigenvalue weighted by molar-refractivity contribution is 7.91. The van der Waals surface area contributed by atoms with Gasteiger partial charge in [0.15, 0.2) is 6.29 Å². The number of hydrogen-bond donors (Lipinski definition) is 0. The molecule has 0 aromatic carbocycles. The van der Waals surface area contributed by atoms with E-state index in [1.165, 1.54) is 0 Å². The quantitative estimate of drug-likeness (QED) is 0.340. The smallest absolute Gasteiger partial charge is 0.165 e. The summed E-state index contributed by atoms with van der Waals surface area (Å²) in [5.74, 6) is 0. The van der Waals surface area contributed by atoms with Crippen molar-refractivity contribution in [3.8, 4) is 0 Å². The Morgan fingerprint density at radius 3 is 2.30 bits per heavy atom. The molecule has 0 N–H and O–H groups in total. The Bertz CT molecular complexity index is 139. The third-order valence-electron chi connectivity index (χ3n) is 0.741. The standard InChI is InChI=1S/C6H11NO2S/c1-6(2,3)10(9)7-4-5-8/h4-5H,1-3H3/b7-4+. The first-order valence-corrected chi connectivity index (χ1v) is 3.99. The van der Waals surface area contributed by atoms with Gasteiger partial charge in [0.2, 0.25) is 0 Å². The van der Waals surface area contributed by atoms with Crippen molar-refractivity contribution in [3.05, 3.63) is 0 Å². The van der Waals surface area contributed by atoms with Gasteiger partial charge in [0.05, 0.1) is 0 Å². The van der Waals surface area contributed by atoms with Crippen LogP contribution in [0.15, 0.2) is 4.40 Å². The molecule has 0 aromatic heterocycles. The average molecular weight is 161 g/mol. The summed E-state index contributed by atoms with van der Waals surface area (Å²) in [5.41, 5.74) is 0. The van der Waals surface area contributed by atoms with Crippen LogP contribution in [0.2, 0.25) is 0 Å². The van der Waals surface area contributed by atoms with Crippen molar-refractivity contribution in [3.63, 3.8) is 0 Å². The number of hydrogen-bond acceptors (Lipinski definition) is 3. The molecule has 0 saturated heterocycles. The number of rotatable bonds is 2. The number of nitrogens with zero attached hydrogens (tertiary/aromatic N) is 1. The lowest BCUT2D eigenvalue weighted by atomic mass is 10.3. The predicted molar refractivity (Wildman–Crippen MR) is 42.5 cm³/mol. The Hall–Kier alpha value is -0.350. The molecule has 1 unspecified atom stereocenters. The molecule has 0 heterocycles. The lowest BCUT2D eigenvalue weighted by Gasteiger charge is -2.17. The molecule has 0 aliphatic heterocycles. The first-order chi connectivity index (χ1) is 4.48. The Kier molecular flexibility index (Phi) is 3.60. The van der Waals surface area contributed by atoms with Gasteiger partial charge in [-0.05, 0) is 20.8 Å². The molecule has 1 atom stereocenters. The van der Waals surface area contributed by atoms with Gasteiger partial charge in [-0.15, -0.1) is 0 Å².